The minimum atomic E-state index is 0. The third-order valence-electron chi connectivity index (χ3n) is 4.76. The summed E-state index contributed by atoms with van der Waals surface area (Å²) >= 11 is 0. The minimum absolute atomic E-state index is 0. The Labute approximate surface area is 148 Å². The summed E-state index contributed by atoms with van der Waals surface area (Å²) in [7, 11) is 0. The monoisotopic (exact) mass is 354 g/mol. The number of hydrogen-bond donors (Lipinski definition) is 0. The molecule has 2 aromatic rings. The van der Waals surface area contributed by atoms with E-state index < -0.39 is 0 Å². The molecule has 0 heterocycles. The van der Waals surface area contributed by atoms with Gasteiger partial charge in [0, 0.05) is 0 Å². The van der Waals surface area contributed by atoms with Crippen LogP contribution < -0.4 is 0 Å². The zero-order valence-electron chi connectivity index (χ0n) is 14.0. The van der Waals surface area contributed by atoms with Gasteiger partial charge in [0.1, 0.15) is 0 Å². The van der Waals surface area contributed by atoms with Crippen molar-refractivity contribution < 1.29 is 26.2 Å². The first-order valence-electron chi connectivity index (χ1n) is 7.31. The maximum absolute atomic E-state index is 3.26. The van der Waals surface area contributed by atoms with Gasteiger partial charge in [-0.05, 0) is 0 Å². The Balaban J connectivity index is 0.000000200. The van der Waals surface area contributed by atoms with E-state index in [4.69, 9.17) is 0 Å². The molecular formula is C20H24Zr. The van der Waals surface area contributed by atoms with Crippen LogP contribution in [0.1, 0.15) is 51.8 Å². The zero-order valence-corrected chi connectivity index (χ0v) is 16.4. The Morgan fingerprint density at radius 3 is 1.90 bits per heavy atom. The summed E-state index contributed by atoms with van der Waals surface area (Å²) in [5.41, 5.74) is 10.1. The van der Waals surface area contributed by atoms with Crippen molar-refractivity contribution in [2.45, 2.75) is 47.5 Å². The molecule has 0 aromatic heterocycles. The molecule has 108 valence electrons. The molecule has 1 aliphatic rings. The predicted molar refractivity (Wildman–Crippen MR) is 88.3 cm³/mol. The number of hydrogen-bond acceptors (Lipinski definition) is 0. The van der Waals surface area contributed by atoms with Crippen LogP contribution in [-0.4, -0.2) is 0 Å². The molecule has 0 saturated heterocycles. The van der Waals surface area contributed by atoms with Crippen LogP contribution in [0.15, 0.2) is 24.3 Å². The topological polar surface area (TPSA) is 0 Å². The summed E-state index contributed by atoms with van der Waals surface area (Å²) in [5, 5.41) is 0. The van der Waals surface area contributed by atoms with E-state index in [2.05, 4.69) is 78.0 Å². The molecule has 0 spiro atoms. The number of rotatable bonds is 0. The van der Waals surface area contributed by atoms with Gasteiger partial charge in [-0.25, -0.2) is 6.08 Å². The van der Waals surface area contributed by atoms with E-state index in [-0.39, 0.29) is 26.2 Å². The molecule has 0 bridgehead atoms. The van der Waals surface area contributed by atoms with Crippen LogP contribution in [0.25, 0.3) is 6.08 Å². The molecule has 1 heteroatoms. The van der Waals surface area contributed by atoms with Crippen molar-refractivity contribution >= 4 is 6.08 Å². The summed E-state index contributed by atoms with van der Waals surface area (Å²) in [4.78, 5) is 0. The summed E-state index contributed by atoms with van der Waals surface area (Å²) < 4.78 is 0. The van der Waals surface area contributed by atoms with Crippen LogP contribution in [0.4, 0.5) is 0 Å². The molecule has 1 aliphatic carbocycles. The molecule has 0 nitrogen and oxygen atoms in total. The molecule has 3 rings (SSSR count). The summed E-state index contributed by atoms with van der Waals surface area (Å²) in [6.45, 7) is 13.2. The van der Waals surface area contributed by atoms with Crippen LogP contribution in [0.5, 0.6) is 0 Å². The maximum Gasteiger partial charge on any atom is 2.00 e. The SMILES string of the molecule is CC1[C-]=Cc2ccccc21.Cc1c(C)c(C)[c-](C)c1C.[Zr+2]. The third kappa shape index (κ3) is 3.69. The number of allylic oxidation sites excluding steroid dienone is 1. The fraction of sp³-hybridized carbons (Fsp3) is 0.350. The van der Waals surface area contributed by atoms with E-state index in [9.17, 15) is 0 Å². The maximum atomic E-state index is 3.26. The normalized spacial score (nSPS) is 15.0. The van der Waals surface area contributed by atoms with Gasteiger partial charge in [0.05, 0.1) is 0 Å². The van der Waals surface area contributed by atoms with Gasteiger partial charge >= 0.3 is 26.2 Å². The van der Waals surface area contributed by atoms with Crippen molar-refractivity contribution in [1.29, 1.82) is 0 Å². The Morgan fingerprint density at radius 1 is 0.952 bits per heavy atom. The van der Waals surface area contributed by atoms with Crippen LogP contribution in [0, 0.1) is 40.7 Å². The van der Waals surface area contributed by atoms with Crippen molar-refractivity contribution in [3.8, 4) is 0 Å². The molecule has 0 N–H and O–H groups in total. The standard InChI is InChI=1S/C10H9.C10H15.Zr/c1-8-6-7-9-4-2-3-5-10(8)9;1-6-7(2)9(4)10(5)8(6)3;/h2-5,7-8H,1H3;1-5H3;/q2*-1;+2. The molecule has 1 atom stereocenters. The third-order valence-corrected chi connectivity index (χ3v) is 4.76. The van der Waals surface area contributed by atoms with Crippen LogP contribution >= 0.6 is 0 Å². The van der Waals surface area contributed by atoms with E-state index in [0.29, 0.717) is 5.92 Å². The molecule has 0 radical (unpaired) electrons. The van der Waals surface area contributed by atoms with Gasteiger partial charge in [0.2, 0.25) is 0 Å². The first kappa shape index (κ1) is 18.2. The Morgan fingerprint density at radius 2 is 1.48 bits per heavy atom. The Kier molecular flexibility index (Phi) is 6.48. The molecule has 0 amide bonds. The molecule has 1 unspecified atom stereocenters. The van der Waals surface area contributed by atoms with Crippen molar-refractivity contribution in [3.05, 3.63) is 69.3 Å². The van der Waals surface area contributed by atoms with Crippen molar-refractivity contribution in [1.82, 2.24) is 0 Å². The summed E-state index contributed by atoms with van der Waals surface area (Å²) in [5.74, 6) is 0.496. The van der Waals surface area contributed by atoms with E-state index in [0.717, 1.165) is 0 Å². The predicted octanol–water partition coefficient (Wildman–Crippen LogP) is 5.57. The smallest absolute Gasteiger partial charge is 0.269 e. The molecule has 21 heavy (non-hydrogen) atoms. The van der Waals surface area contributed by atoms with Gasteiger partial charge < -0.3 is 0 Å². The van der Waals surface area contributed by atoms with Gasteiger partial charge in [-0.15, -0.1) is 11.6 Å². The van der Waals surface area contributed by atoms with Crippen molar-refractivity contribution in [2.75, 3.05) is 0 Å². The molecule has 2 aromatic carbocycles. The van der Waals surface area contributed by atoms with Crippen LogP contribution in [-0.2, 0) is 26.2 Å². The number of benzene rings is 1. The average Bonchev–Trinajstić information content (AvgIpc) is 2.92. The molecule has 0 saturated carbocycles. The van der Waals surface area contributed by atoms with Gasteiger partial charge in [0.25, 0.3) is 0 Å². The second-order valence-electron chi connectivity index (χ2n) is 5.79. The van der Waals surface area contributed by atoms with Crippen molar-refractivity contribution in [2.24, 2.45) is 0 Å². The largest absolute Gasteiger partial charge is 2.00 e. The second-order valence-corrected chi connectivity index (χ2v) is 5.79. The quantitative estimate of drug-likeness (QED) is 0.542. The van der Waals surface area contributed by atoms with Crippen LogP contribution in [0.2, 0.25) is 0 Å². The first-order chi connectivity index (χ1) is 9.43. The summed E-state index contributed by atoms with van der Waals surface area (Å²) in [6.07, 6.45) is 5.33. The van der Waals surface area contributed by atoms with E-state index in [1.807, 2.05) is 0 Å². The molecular weight excluding hydrogens is 331 g/mol. The van der Waals surface area contributed by atoms with Gasteiger partial charge in [-0.3, -0.25) is 6.08 Å². The fourth-order valence-corrected chi connectivity index (χ4v) is 2.75. The Bertz CT molecular complexity index is 564. The first-order valence-corrected chi connectivity index (χ1v) is 7.31. The van der Waals surface area contributed by atoms with E-state index in [1.54, 1.807) is 0 Å². The second kappa shape index (κ2) is 7.45. The number of fused-ring (bicyclic) bond motifs is 1. The van der Waals surface area contributed by atoms with E-state index in [1.165, 1.54) is 38.9 Å². The zero-order chi connectivity index (χ0) is 14.9. The van der Waals surface area contributed by atoms with Gasteiger partial charge in [0.15, 0.2) is 0 Å². The summed E-state index contributed by atoms with van der Waals surface area (Å²) in [6, 6.07) is 8.44. The molecule has 0 aliphatic heterocycles. The van der Waals surface area contributed by atoms with Crippen LogP contribution in [0.3, 0.4) is 0 Å². The van der Waals surface area contributed by atoms with Gasteiger partial charge in [-0.2, -0.15) is 33.4 Å². The van der Waals surface area contributed by atoms with Gasteiger partial charge in [-0.1, -0.05) is 65.7 Å². The molecule has 0 fully saturated rings. The Hall–Kier alpha value is -0.807. The minimum Gasteiger partial charge on any atom is -0.269 e. The van der Waals surface area contributed by atoms with Crippen molar-refractivity contribution in [3.63, 3.8) is 0 Å². The average molecular weight is 356 g/mol. The fourth-order valence-electron chi connectivity index (χ4n) is 2.75. The van der Waals surface area contributed by atoms with E-state index >= 15 is 0 Å².